The average Bonchev–Trinajstić information content (AvgIpc) is 2.57. The Morgan fingerprint density at radius 2 is 2.50 bits per heavy atom. The molecule has 0 radical (unpaired) electrons. The summed E-state index contributed by atoms with van der Waals surface area (Å²) in [6, 6.07) is 2.14. The highest BCUT2D eigenvalue weighted by molar-refractivity contribution is 7.07. The minimum Gasteiger partial charge on any atom is -0.312 e. The van der Waals surface area contributed by atoms with Gasteiger partial charge in [-0.15, -0.1) is 11.6 Å². The number of halogens is 1. The number of hydrogen-bond donors (Lipinski definition) is 1. The third kappa shape index (κ3) is 3.57. The maximum absolute atomic E-state index is 5.67. The highest BCUT2D eigenvalue weighted by atomic mass is 35.5. The van der Waals surface area contributed by atoms with Crippen molar-refractivity contribution >= 4 is 22.9 Å². The van der Waals surface area contributed by atoms with Gasteiger partial charge in [-0.1, -0.05) is 6.92 Å². The van der Waals surface area contributed by atoms with Gasteiger partial charge >= 0.3 is 0 Å². The molecule has 1 aromatic heterocycles. The normalized spacial score (nSPS) is 13.2. The second-order valence-electron chi connectivity index (χ2n) is 3.02. The second-order valence-corrected chi connectivity index (χ2v) is 4.11. The maximum atomic E-state index is 5.67. The van der Waals surface area contributed by atoms with Gasteiger partial charge in [0.1, 0.15) is 0 Å². The molecule has 3 heteroatoms. The van der Waals surface area contributed by atoms with Crippen LogP contribution in [-0.2, 0) is 6.54 Å². The smallest absolute Gasteiger partial charge is 0.0261 e. The zero-order valence-corrected chi connectivity index (χ0v) is 8.79. The van der Waals surface area contributed by atoms with E-state index in [0.29, 0.717) is 5.92 Å². The summed E-state index contributed by atoms with van der Waals surface area (Å²) >= 11 is 7.41. The maximum Gasteiger partial charge on any atom is 0.0261 e. The van der Waals surface area contributed by atoms with E-state index in [9.17, 15) is 0 Å². The number of rotatable bonds is 5. The summed E-state index contributed by atoms with van der Waals surface area (Å²) < 4.78 is 0. The third-order valence-corrected chi connectivity index (χ3v) is 2.92. The number of thiophene rings is 1. The molecule has 0 saturated heterocycles. The monoisotopic (exact) mass is 203 g/mol. The molecule has 1 heterocycles. The average molecular weight is 204 g/mol. The van der Waals surface area contributed by atoms with Gasteiger partial charge in [0.05, 0.1) is 0 Å². The van der Waals surface area contributed by atoms with Crippen LogP contribution in [0.4, 0.5) is 0 Å². The highest BCUT2D eigenvalue weighted by Crippen LogP contribution is 2.05. The van der Waals surface area contributed by atoms with Crippen LogP contribution in [0.25, 0.3) is 0 Å². The molecule has 0 bridgehead atoms. The number of hydrogen-bond acceptors (Lipinski definition) is 2. The van der Waals surface area contributed by atoms with Gasteiger partial charge in [-0.3, -0.25) is 0 Å². The molecule has 1 rings (SSSR count). The van der Waals surface area contributed by atoms with E-state index in [1.165, 1.54) is 5.56 Å². The van der Waals surface area contributed by atoms with Crippen molar-refractivity contribution in [3.05, 3.63) is 22.4 Å². The summed E-state index contributed by atoms with van der Waals surface area (Å²) in [4.78, 5) is 0. The molecule has 0 aliphatic rings. The van der Waals surface area contributed by atoms with Crippen molar-refractivity contribution in [3.8, 4) is 0 Å². The first kappa shape index (κ1) is 10.0. The van der Waals surface area contributed by atoms with Crippen molar-refractivity contribution in [2.24, 2.45) is 5.92 Å². The van der Waals surface area contributed by atoms with Crippen LogP contribution >= 0.6 is 22.9 Å². The first-order valence-corrected chi connectivity index (χ1v) is 5.58. The van der Waals surface area contributed by atoms with Crippen molar-refractivity contribution in [2.45, 2.75) is 13.5 Å². The SMILES string of the molecule is CC(CCl)CNCc1ccsc1. The first-order chi connectivity index (χ1) is 5.83. The zero-order chi connectivity index (χ0) is 8.81. The molecule has 0 aromatic carbocycles. The van der Waals surface area contributed by atoms with Crippen LogP contribution in [0.1, 0.15) is 12.5 Å². The van der Waals surface area contributed by atoms with Crippen LogP contribution < -0.4 is 5.32 Å². The van der Waals surface area contributed by atoms with E-state index in [4.69, 9.17) is 11.6 Å². The second kappa shape index (κ2) is 5.57. The summed E-state index contributed by atoms with van der Waals surface area (Å²) in [6.07, 6.45) is 0. The summed E-state index contributed by atoms with van der Waals surface area (Å²) in [6.45, 7) is 4.11. The van der Waals surface area contributed by atoms with E-state index in [1.54, 1.807) is 11.3 Å². The van der Waals surface area contributed by atoms with Crippen LogP contribution in [0.5, 0.6) is 0 Å². The molecule has 1 aromatic rings. The summed E-state index contributed by atoms with van der Waals surface area (Å²) in [7, 11) is 0. The number of alkyl halides is 1. The predicted molar refractivity (Wildman–Crippen MR) is 55.9 cm³/mol. The van der Waals surface area contributed by atoms with E-state index in [-0.39, 0.29) is 0 Å². The van der Waals surface area contributed by atoms with Gasteiger partial charge in [-0.25, -0.2) is 0 Å². The van der Waals surface area contributed by atoms with Gasteiger partial charge in [-0.05, 0) is 34.9 Å². The Bertz CT molecular complexity index is 198. The summed E-state index contributed by atoms with van der Waals surface area (Å²) in [5, 5.41) is 7.62. The molecule has 0 saturated carbocycles. The molecule has 0 aliphatic carbocycles. The van der Waals surface area contributed by atoms with E-state index in [1.807, 2.05) is 0 Å². The molecule has 0 amide bonds. The Kier molecular flexibility index (Phi) is 4.66. The van der Waals surface area contributed by atoms with Gasteiger partial charge in [0.25, 0.3) is 0 Å². The van der Waals surface area contributed by atoms with E-state index in [0.717, 1.165) is 19.0 Å². The van der Waals surface area contributed by atoms with Gasteiger partial charge in [0, 0.05) is 12.4 Å². The minimum atomic E-state index is 0.560. The molecule has 1 nitrogen and oxygen atoms in total. The fourth-order valence-electron chi connectivity index (χ4n) is 0.911. The van der Waals surface area contributed by atoms with Crippen LogP contribution in [0, 0.1) is 5.92 Å². The van der Waals surface area contributed by atoms with Crippen LogP contribution in [0.3, 0.4) is 0 Å². The fraction of sp³-hybridized carbons (Fsp3) is 0.556. The molecule has 68 valence electrons. The molecule has 1 N–H and O–H groups in total. The van der Waals surface area contributed by atoms with E-state index in [2.05, 4.69) is 29.1 Å². The lowest BCUT2D eigenvalue weighted by molar-refractivity contribution is 0.557. The lowest BCUT2D eigenvalue weighted by Gasteiger charge is -2.07. The highest BCUT2D eigenvalue weighted by Gasteiger charge is 1.98. The topological polar surface area (TPSA) is 12.0 Å². The van der Waals surface area contributed by atoms with Gasteiger partial charge < -0.3 is 5.32 Å². The van der Waals surface area contributed by atoms with Gasteiger partial charge in [0.15, 0.2) is 0 Å². The summed E-state index contributed by atoms with van der Waals surface area (Å²) in [5.41, 5.74) is 1.36. The van der Waals surface area contributed by atoms with Gasteiger partial charge in [-0.2, -0.15) is 11.3 Å². The molecule has 0 spiro atoms. The third-order valence-electron chi connectivity index (χ3n) is 1.67. The standard InChI is InChI=1S/C9H14ClNS/c1-8(4-10)5-11-6-9-2-3-12-7-9/h2-3,7-8,11H,4-6H2,1H3. The van der Waals surface area contributed by atoms with Crippen molar-refractivity contribution in [2.75, 3.05) is 12.4 Å². The molecule has 12 heavy (non-hydrogen) atoms. The lowest BCUT2D eigenvalue weighted by Crippen LogP contribution is -2.21. The van der Waals surface area contributed by atoms with Crippen molar-refractivity contribution in [1.82, 2.24) is 5.32 Å². The van der Waals surface area contributed by atoms with Crippen molar-refractivity contribution in [3.63, 3.8) is 0 Å². The van der Waals surface area contributed by atoms with Gasteiger partial charge in [0.2, 0.25) is 0 Å². The molecular formula is C9H14ClNS. The Balaban J connectivity index is 2.11. The minimum absolute atomic E-state index is 0.560. The van der Waals surface area contributed by atoms with Crippen LogP contribution in [-0.4, -0.2) is 12.4 Å². The fourth-order valence-corrected chi connectivity index (χ4v) is 1.69. The zero-order valence-electron chi connectivity index (χ0n) is 7.22. The summed E-state index contributed by atoms with van der Waals surface area (Å²) in [5.74, 6) is 1.29. The van der Waals surface area contributed by atoms with Crippen LogP contribution in [0.2, 0.25) is 0 Å². The largest absolute Gasteiger partial charge is 0.312 e. The Labute approximate surface area is 82.7 Å². The van der Waals surface area contributed by atoms with E-state index < -0.39 is 0 Å². The Hall–Kier alpha value is -0.0500. The molecule has 1 atom stereocenters. The molecular weight excluding hydrogens is 190 g/mol. The number of nitrogens with one attached hydrogen (secondary N) is 1. The molecule has 0 aliphatic heterocycles. The first-order valence-electron chi connectivity index (χ1n) is 4.10. The van der Waals surface area contributed by atoms with E-state index >= 15 is 0 Å². The lowest BCUT2D eigenvalue weighted by atomic mass is 10.2. The van der Waals surface area contributed by atoms with Crippen LogP contribution in [0.15, 0.2) is 16.8 Å². The molecule has 0 fully saturated rings. The Morgan fingerprint density at radius 1 is 1.67 bits per heavy atom. The quantitative estimate of drug-likeness (QED) is 0.726. The van der Waals surface area contributed by atoms with Crippen molar-refractivity contribution < 1.29 is 0 Å². The molecule has 1 unspecified atom stereocenters. The predicted octanol–water partition coefficient (Wildman–Crippen LogP) is 2.71. The van der Waals surface area contributed by atoms with Crippen molar-refractivity contribution in [1.29, 1.82) is 0 Å². The Morgan fingerprint density at radius 3 is 3.08 bits per heavy atom.